The highest BCUT2D eigenvalue weighted by Gasteiger charge is 1.78. The van der Waals surface area contributed by atoms with Crippen LogP contribution in [0.15, 0.2) is 12.4 Å². The van der Waals surface area contributed by atoms with Gasteiger partial charge in [-0.3, -0.25) is 0 Å². The van der Waals surface area contributed by atoms with Gasteiger partial charge in [0.2, 0.25) is 0 Å². The van der Waals surface area contributed by atoms with Crippen LogP contribution in [0.25, 0.3) is 0 Å². The topological polar surface area (TPSA) is 0 Å². The summed E-state index contributed by atoms with van der Waals surface area (Å²) in [6.07, 6.45) is -3.04. The summed E-state index contributed by atoms with van der Waals surface area (Å²) in [7, 11) is 0. The predicted octanol–water partition coefficient (Wildman–Crippen LogP) is -10.3. The lowest BCUT2D eigenvalue weighted by atomic mass is 11.1. The number of halogens is 7. The maximum absolute atomic E-state index is 10.2. The highest BCUT2D eigenvalue weighted by Crippen LogP contribution is 1.93. The molecule has 0 heterocycles. The van der Waals surface area contributed by atoms with Crippen LogP contribution >= 0.6 is 0 Å². The Morgan fingerprint density at radius 1 is 0.889 bits per heavy atom. The third kappa shape index (κ3) is 128. The van der Waals surface area contributed by atoms with Crippen LogP contribution in [0.5, 0.6) is 0 Å². The molecule has 0 aliphatic heterocycles. The van der Waals surface area contributed by atoms with E-state index in [0.29, 0.717) is 0 Å². The zero-order valence-electron chi connectivity index (χ0n) is 3.72. The molecule has 0 nitrogen and oxygen atoms in total. The molecule has 0 amide bonds. The van der Waals surface area contributed by atoms with E-state index < -0.39 is 12.4 Å². The Labute approximate surface area is 45.8 Å². The van der Waals surface area contributed by atoms with Crippen LogP contribution < -0.4 is 18.8 Å². The molecule has 0 N–H and O–H groups in total. The van der Waals surface area contributed by atoms with Crippen molar-refractivity contribution in [1.82, 2.24) is 0 Å². The van der Waals surface area contributed by atoms with E-state index in [4.69, 9.17) is 0 Å². The molecule has 0 unspecified atom stereocenters. The summed E-state index contributed by atoms with van der Waals surface area (Å²) in [4.78, 5) is 0. The second-order valence-electron chi connectivity index (χ2n) is 0.399. The van der Waals surface area contributed by atoms with Gasteiger partial charge in [0.05, 0.1) is 0 Å². The predicted molar refractivity (Wildman–Crippen MR) is 11.4 cm³/mol. The van der Waals surface area contributed by atoms with Crippen LogP contribution in [0.1, 0.15) is 0 Å². The van der Waals surface area contributed by atoms with E-state index in [0.717, 1.165) is 0 Å². The molecule has 0 aromatic heterocycles. The summed E-state index contributed by atoms with van der Waals surface area (Å²) in [5, 5.41) is 0. The van der Waals surface area contributed by atoms with Crippen LogP contribution in [0, 0.1) is 0 Å². The minimum atomic E-state index is -2.29. The first-order valence-corrected chi connectivity index (χ1v) is 0.885. The van der Waals surface area contributed by atoms with Gasteiger partial charge in [-0.15, -0.1) is 0 Å². The van der Waals surface area contributed by atoms with Crippen molar-refractivity contribution in [2.24, 2.45) is 0 Å². The zero-order valence-corrected chi connectivity index (χ0v) is 3.72. The van der Waals surface area contributed by atoms with E-state index in [-0.39, 0.29) is 18.8 Å². The number of hydrogen-bond acceptors (Lipinski definition) is 0. The van der Waals surface area contributed by atoms with Gasteiger partial charge in [0.25, 0.3) is 6.08 Å². The molecule has 0 aromatic carbocycles. The largest absolute Gasteiger partial charge is 1.00 e. The van der Waals surface area contributed by atoms with Crippen molar-refractivity contribution in [3.8, 4) is 0 Å². The molecule has 0 aliphatic rings. The number of hydrogen-bond donors (Lipinski definition) is 0. The van der Waals surface area contributed by atoms with Gasteiger partial charge < -0.3 is 18.8 Å². The van der Waals surface area contributed by atoms with E-state index in [1.807, 2.05) is 0 Å². The fourth-order valence-electron chi connectivity index (χ4n) is 0. The molecule has 62 valence electrons. The Balaban J connectivity index is -0.0000000133. The van der Waals surface area contributed by atoms with E-state index in [1.54, 1.807) is 0 Å². The minimum absolute atomic E-state index is 0. The highest BCUT2D eigenvalue weighted by molar-refractivity contribution is 4.66. The van der Waals surface area contributed by atoms with Crippen molar-refractivity contribution < 1.29 is 32.0 Å². The average molecular weight is 158 g/mol. The Hall–Kier alpha value is -0.750. The van der Waals surface area contributed by atoms with E-state index in [2.05, 4.69) is 0 Å². The fraction of sp³-hybridized carbons (Fsp3) is 0. The molecule has 0 rings (SSSR count). The minimum Gasteiger partial charge on any atom is -1.00 e. The fourth-order valence-corrected chi connectivity index (χ4v) is 0. The van der Waals surface area contributed by atoms with Gasteiger partial charge in [-0.2, -0.15) is 8.78 Å². The Kier molecular flexibility index (Phi) is 122. The smallest absolute Gasteiger partial charge is 0.298 e. The summed E-state index contributed by atoms with van der Waals surface area (Å²) in [5.41, 5.74) is 0. The van der Waals surface area contributed by atoms with Crippen LogP contribution in [-0.4, -0.2) is 0 Å². The van der Waals surface area contributed by atoms with Crippen molar-refractivity contribution in [2.75, 3.05) is 0 Å². The Morgan fingerprint density at radius 3 is 1.00 bits per heavy atom. The summed E-state index contributed by atoms with van der Waals surface area (Å²) < 4.78 is 30.7. The molecule has 0 aromatic rings. The normalized spacial score (nSPS) is 3.89. The number of rotatable bonds is 0. The summed E-state index contributed by atoms with van der Waals surface area (Å²) >= 11 is 0. The lowest BCUT2D eigenvalue weighted by Crippen LogP contribution is -3.00. The first-order chi connectivity index (χ1) is 2.27. The van der Waals surface area contributed by atoms with E-state index >= 15 is 0 Å². The average Bonchev–Trinajstić information content (AvgIpc) is 1.38. The van der Waals surface area contributed by atoms with E-state index in [1.165, 1.54) is 0 Å². The molecule has 0 aliphatic carbocycles. The molecule has 0 saturated heterocycles. The van der Waals surface area contributed by atoms with Gasteiger partial charge in [-0.25, -0.2) is 4.39 Å². The third-order valence-electron chi connectivity index (χ3n) is 0.0825. The molecule has 0 spiro atoms. The lowest BCUT2D eigenvalue weighted by Gasteiger charge is -1.59. The van der Waals surface area contributed by atoms with Crippen molar-refractivity contribution >= 4 is 0 Å². The van der Waals surface area contributed by atoms with Gasteiger partial charge in [0.15, 0.2) is 6.33 Å². The quantitative estimate of drug-likeness (QED) is 0.307. The second-order valence-corrected chi connectivity index (χ2v) is 0.399. The van der Waals surface area contributed by atoms with Gasteiger partial charge in [-0.1, -0.05) is 0 Å². The van der Waals surface area contributed by atoms with Crippen LogP contribution in [-0.2, 0) is 0 Å². The van der Waals surface area contributed by atoms with Crippen molar-refractivity contribution in [3.63, 3.8) is 0 Å². The molecule has 0 bridgehead atoms. The van der Waals surface area contributed by atoms with Crippen LogP contribution in [0.3, 0.4) is 0 Å². The molecule has 0 radical (unpaired) electrons. The molecular weight excluding hydrogens is 157 g/mol. The van der Waals surface area contributed by atoms with Gasteiger partial charge in [0, 0.05) is 0 Å². The summed E-state index contributed by atoms with van der Waals surface area (Å²) in [5.74, 6) is 0. The first kappa shape index (κ1) is 41.1. The summed E-state index contributed by atoms with van der Waals surface area (Å²) in [6.45, 7) is 0. The molecular formula is C2HF7-4. The Morgan fingerprint density at radius 2 is 1.00 bits per heavy atom. The zero-order chi connectivity index (χ0) is 4.28. The van der Waals surface area contributed by atoms with Gasteiger partial charge >= 0.3 is 0 Å². The molecule has 0 fully saturated rings. The van der Waals surface area contributed by atoms with E-state index in [9.17, 15) is 13.2 Å². The first-order valence-electron chi connectivity index (χ1n) is 0.885. The van der Waals surface area contributed by atoms with Crippen molar-refractivity contribution in [3.05, 3.63) is 12.4 Å². The lowest BCUT2D eigenvalue weighted by molar-refractivity contribution is -0.00100. The standard InChI is InChI=1S/C2HF3.4FH/c3-1-2(4)5;;;;/h1H;4*1H/p-4. The molecule has 7 heteroatoms. The Bertz CT molecular complexity index is 44.9. The SMILES string of the molecule is FC=C(F)F.[F-].[F-].[F-].[F-]. The van der Waals surface area contributed by atoms with Crippen LogP contribution in [0.2, 0.25) is 0 Å². The second kappa shape index (κ2) is 26.8. The van der Waals surface area contributed by atoms with Gasteiger partial charge in [0.1, 0.15) is 0 Å². The molecule has 9 heavy (non-hydrogen) atoms. The highest BCUT2D eigenvalue weighted by atomic mass is 19.3. The maximum atomic E-state index is 10.2. The van der Waals surface area contributed by atoms with Gasteiger partial charge in [-0.05, 0) is 0 Å². The summed E-state index contributed by atoms with van der Waals surface area (Å²) in [6, 6.07) is 0. The molecule has 0 saturated carbocycles. The monoisotopic (exact) mass is 158 g/mol. The third-order valence-corrected chi connectivity index (χ3v) is 0.0825. The van der Waals surface area contributed by atoms with Crippen molar-refractivity contribution in [2.45, 2.75) is 0 Å². The maximum Gasteiger partial charge on any atom is 0.298 e. The van der Waals surface area contributed by atoms with Crippen molar-refractivity contribution in [1.29, 1.82) is 0 Å². The molecule has 0 atom stereocenters. The van der Waals surface area contributed by atoms with Crippen LogP contribution in [0.4, 0.5) is 13.2 Å².